The van der Waals surface area contributed by atoms with Crippen LogP contribution in [-0.2, 0) is 20.5 Å². The topological polar surface area (TPSA) is 99.4 Å². The summed E-state index contributed by atoms with van der Waals surface area (Å²) in [6.45, 7) is 0. The number of anilines is 1. The molecule has 0 heterocycles. The van der Waals surface area contributed by atoms with Gasteiger partial charge in [-0.25, -0.2) is 0 Å². The van der Waals surface area contributed by atoms with Crippen molar-refractivity contribution in [2.24, 2.45) is 0 Å². The molecule has 0 aliphatic heterocycles. The summed E-state index contributed by atoms with van der Waals surface area (Å²) in [5.41, 5.74) is -1.52. The third kappa shape index (κ3) is 5.31. The molecule has 128 valence electrons. The second kappa shape index (κ2) is 8.01. The molecular weight excluding hydrogens is 329 g/mol. The lowest BCUT2D eigenvalue weighted by Gasteiger charge is -2.09. The lowest BCUT2D eigenvalue weighted by Crippen LogP contribution is -2.16. The molecule has 2 N–H and O–H groups in total. The average molecular weight is 342 g/mol. The number of rotatable bonds is 5. The molecule has 1 rings (SSSR count). The Hall–Kier alpha value is -3.02. The third-order valence-corrected chi connectivity index (χ3v) is 2.89. The van der Waals surface area contributed by atoms with Crippen molar-refractivity contribution in [2.45, 2.75) is 19.0 Å². The maximum absolute atomic E-state index is 12.4. The summed E-state index contributed by atoms with van der Waals surface area (Å²) in [6.07, 6.45) is -5.02. The zero-order valence-electron chi connectivity index (χ0n) is 12.5. The van der Waals surface area contributed by atoms with Gasteiger partial charge in [-0.2, -0.15) is 18.4 Å². The number of benzene rings is 1. The normalized spacial score (nSPS) is 12.0. The summed E-state index contributed by atoms with van der Waals surface area (Å²) in [4.78, 5) is 22.9. The number of carbonyl (C=O) groups is 2. The van der Waals surface area contributed by atoms with Gasteiger partial charge in [0.05, 0.1) is 19.1 Å². The first kappa shape index (κ1) is 19.0. The number of nitrogens with zero attached hydrogens (tertiary/aromatic N) is 1. The number of nitrogens with one attached hydrogen (secondary N) is 1. The van der Waals surface area contributed by atoms with Gasteiger partial charge in [0, 0.05) is 12.1 Å². The minimum atomic E-state index is -4.51. The van der Waals surface area contributed by atoms with Crippen molar-refractivity contribution in [3.8, 4) is 6.07 Å². The van der Waals surface area contributed by atoms with Crippen LogP contribution in [0, 0.1) is 11.3 Å². The minimum absolute atomic E-state index is 0.0153. The number of aliphatic hydroxyl groups is 1. The van der Waals surface area contributed by atoms with Crippen LogP contribution in [-0.4, -0.2) is 24.1 Å². The van der Waals surface area contributed by atoms with Gasteiger partial charge in [-0.1, -0.05) is 0 Å². The van der Waals surface area contributed by atoms with Crippen molar-refractivity contribution in [1.29, 1.82) is 5.26 Å². The molecule has 24 heavy (non-hydrogen) atoms. The Morgan fingerprint density at radius 3 is 2.29 bits per heavy atom. The molecule has 0 aromatic heterocycles. The monoisotopic (exact) mass is 342 g/mol. The summed E-state index contributed by atoms with van der Waals surface area (Å²) >= 11 is 0. The average Bonchev–Trinajstić information content (AvgIpc) is 2.52. The van der Waals surface area contributed by atoms with Gasteiger partial charge in [0.15, 0.2) is 5.57 Å². The number of alkyl halides is 3. The van der Waals surface area contributed by atoms with Crippen LogP contribution in [0.1, 0.15) is 18.4 Å². The maximum Gasteiger partial charge on any atom is 0.416 e. The fourth-order valence-corrected chi connectivity index (χ4v) is 1.63. The number of ether oxygens (including phenoxy) is 1. The molecule has 6 nitrogen and oxygen atoms in total. The van der Waals surface area contributed by atoms with Crippen LogP contribution in [0.25, 0.3) is 0 Å². The molecule has 1 amide bonds. The van der Waals surface area contributed by atoms with Gasteiger partial charge in [-0.05, 0) is 24.3 Å². The number of hydrogen-bond acceptors (Lipinski definition) is 5. The molecule has 1 aromatic carbocycles. The van der Waals surface area contributed by atoms with E-state index < -0.39 is 34.9 Å². The van der Waals surface area contributed by atoms with Crippen molar-refractivity contribution in [1.82, 2.24) is 0 Å². The number of halogens is 3. The molecular formula is C15H13F3N2O4. The SMILES string of the molecule is COC(=O)CCC(O)=C(C#N)C(=O)Nc1ccc(C(F)(F)F)cc1. The second-order valence-corrected chi connectivity index (χ2v) is 4.54. The smallest absolute Gasteiger partial charge is 0.416 e. The van der Waals surface area contributed by atoms with E-state index in [0.29, 0.717) is 0 Å². The predicted molar refractivity (Wildman–Crippen MR) is 76.6 cm³/mol. The molecule has 9 heteroatoms. The highest BCUT2D eigenvalue weighted by molar-refractivity contribution is 6.06. The number of aliphatic hydroxyl groups excluding tert-OH is 1. The van der Waals surface area contributed by atoms with E-state index in [1.165, 1.54) is 6.07 Å². The van der Waals surface area contributed by atoms with Crippen LogP contribution in [0.15, 0.2) is 35.6 Å². The Labute approximate surface area is 135 Å². The molecule has 0 saturated carbocycles. The highest BCUT2D eigenvalue weighted by Gasteiger charge is 2.30. The zero-order chi connectivity index (χ0) is 18.3. The Kier molecular flexibility index (Phi) is 6.35. The first-order chi connectivity index (χ1) is 11.2. The second-order valence-electron chi connectivity index (χ2n) is 4.54. The van der Waals surface area contributed by atoms with Crippen molar-refractivity contribution < 1.29 is 32.6 Å². The maximum atomic E-state index is 12.4. The molecule has 0 saturated heterocycles. The van der Waals surface area contributed by atoms with E-state index >= 15 is 0 Å². The molecule has 0 bridgehead atoms. The number of hydrogen-bond donors (Lipinski definition) is 2. The number of methoxy groups -OCH3 is 1. The van der Waals surface area contributed by atoms with Gasteiger partial charge < -0.3 is 15.2 Å². The molecule has 0 aliphatic rings. The summed E-state index contributed by atoms with van der Waals surface area (Å²) in [6, 6.07) is 5.05. The van der Waals surface area contributed by atoms with Gasteiger partial charge in [-0.3, -0.25) is 9.59 Å². The Bertz CT molecular complexity index is 688. The number of esters is 1. The third-order valence-electron chi connectivity index (χ3n) is 2.89. The summed E-state index contributed by atoms with van der Waals surface area (Å²) in [5, 5.41) is 20.8. The predicted octanol–water partition coefficient (Wildman–Crippen LogP) is 2.93. The Morgan fingerprint density at radius 2 is 1.83 bits per heavy atom. The summed E-state index contributed by atoms with van der Waals surface area (Å²) in [5.74, 6) is -2.26. The van der Waals surface area contributed by atoms with E-state index in [9.17, 15) is 27.9 Å². The van der Waals surface area contributed by atoms with Crippen LogP contribution in [0.4, 0.5) is 18.9 Å². The fourth-order valence-electron chi connectivity index (χ4n) is 1.63. The van der Waals surface area contributed by atoms with Gasteiger partial charge >= 0.3 is 12.1 Å². The quantitative estimate of drug-likeness (QED) is 0.371. The van der Waals surface area contributed by atoms with E-state index in [4.69, 9.17) is 5.26 Å². The first-order valence-corrected chi connectivity index (χ1v) is 6.56. The highest BCUT2D eigenvalue weighted by atomic mass is 19.4. The molecule has 0 fully saturated rings. The Balaban J connectivity index is 2.84. The molecule has 0 aliphatic carbocycles. The number of allylic oxidation sites excluding steroid dienone is 1. The molecule has 0 spiro atoms. The molecule has 1 aromatic rings. The standard InChI is InChI=1S/C15H13F3N2O4/c1-24-13(22)7-6-12(21)11(8-19)14(23)20-10-4-2-9(3-5-10)15(16,17)18/h2-5,21H,6-7H2,1H3,(H,20,23). The van der Waals surface area contributed by atoms with Gasteiger partial charge in [0.1, 0.15) is 11.8 Å². The number of carbonyl (C=O) groups excluding carboxylic acids is 2. The van der Waals surface area contributed by atoms with E-state index in [1.54, 1.807) is 0 Å². The summed E-state index contributed by atoms with van der Waals surface area (Å²) < 4.78 is 41.7. The van der Waals surface area contributed by atoms with E-state index in [2.05, 4.69) is 10.1 Å². The van der Waals surface area contributed by atoms with Crippen molar-refractivity contribution in [3.05, 3.63) is 41.2 Å². The van der Waals surface area contributed by atoms with Crippen molar-refractivity contribution >= 4 is 17.6 Å². The molecule has 0 radical (unpaired) electrons. The fraction of sp³-hybridized carbons (Fsp3) is 0.267. The van der Waals surface area contributed by atoms with Gasteiger partial charge in [0.2, 0.25) is 0 Å². The van der Waals surface area contributed by atoms with E-state index in [1.807, 2.05) is 0 Å². The largest absolute Gasteiger partial charge is 0.511 e. The van der Waals surface area contributed by atoms with Crippen molar-refractivity contribution in [2.75, 3.05) is 12.4 Å². The molecule has 0 unspecified atom stereocenters. The number of amides is 1. The number of nitriles is 1. The lowest BCUT2D eigenvalue weighted by atomic mass is 10.1. The van der Waals surface area contributed by atoms with Crippen LogP contribution in [0.2, 0.25) is 0 Å². The van der Waals surface area contributed by atoms with E-state index in [-0.39, 0.29) is 18.5 Å². The minimum Gasteiger partial charge on any atom is -0.511 e. The highest BCUT2D eigenvalue weighted by Crippen LogP contribution is 2.29. The Morgan fingerprint density at radius 1 is 1.25 bits per heavy atom. The van der Waals surface area contributed by atoms with Crippen LogP contribution >= 0.6 is 0 Å². The zero-order valence-corrected chi connectivity index (χ0v) is 12.5. The van der Waals surface area contributed by atoms with Gasteiger partial charge in [0.25, 0.3) is 5.91 Å². The van der Waals surface area contributed by atoms with Crippen LogP contribution < -0.4 is 5.32 Å². The van der Waals surface area contributed by atoms with Gasteiger partial charge in [-0.15, -0.1) is 0 Å². The summed E-state index contributed by atoms with van der Waals surface area (Å²) in [7, 11) is 1.14. The van der Waals surface area contributed by atoms with Crippen LogP contribution in [0.5, 0.6) is 0 Å². The van der Waals surface area contributed by atoms with E-state index in [0.717, 1.165) is 31.4 Å². The van der Waals surface area contributed by atoms with Crippen molar-refractivity contribution in [3.63, 3.8) is 0 Å². The molecule has 0 atom stereocenters. The lowest BCUT2D eigenvalue weighted by molar-refractivity contribution is -0.140. The van der Waals surface area contributed by atoms with Crippen LogP contribution in [0.3, 0.4) is 0 Å². The first-order valence-electron chi connectivity index (χ1n) is 6.56.